The Kier molecular flexibility index (Phi) is 3.39. The number of nitrogen functional groups attached to an aromatic ring is 1. The van der Waals surface area contributed by atoms with Crippen LogP contribution in [0.4, 0.5) is 5.69 Å². The fourth-order valence-electron chi connectivity index (χ4n) is 2.24. The van der Waals surface area contributed by atoms with Crippen molar-refractivity contribution in [3.8, 4) is 17.2 Å². The molecule has 0 atom stereocenters. The first-order valence-corrected chi connectivity index (χ1v) is 6.66. The number of fused-ring (bicyclic) bond motifs is 1. The van der Waals surface area contributed by atoms with Crippen LogP contribution in [-0.4, -0.2) is 19.2 Å². The van der Waals surface area contributed by atoms with E-state index in [-0.39, 0.29) is 12.6 Å². The van der Waals surface area contributed by atoms with Crippen LogP contribution in [0.25, 0.3) is 0 Å². The van der Waals surface area contributed by atoms with Crippen molar-refractivity contribution < 1.29 is 19.0 Å². The summed E-state index contributed by atoms with van der Waals surface area (Å²) < 4.78 is 16.0. The lowest BCUT2D eigenvalue weighted by Crippen LogP contribution is -2.08. The molecule has 0 amide bonds. The Morgan fingerprint density at radius 2 is 1.90 bits per heavy atom. The normalized spacial score (nSPS) is 12.2. The molecule has 1 aliphatic heterocycles. The number of carbonyl (C=O) groups is 1. The first kappa shape index (κ1) is 13.3. The van der Waals surface area contributed by atoms with E-state index in [0.29, 0.717) is 40.7 Å². The Balaban J connectivity index is 2.03. The van der Waals surface area contributed by atoms with Gasteiger partial charge in [0.25, 0.3) is 0 Å². The number of para-hydroxylation sites is 1. The molecule has 108 valence electrons. The fourth-order valence-corrected chi connectivity index (χ4v) is 2.24. The van der Waals surface area contributed by atoms with Gasteiger partial charge in [-0.2, -0.15) is 0 Å². The molecular formula is C16H15NO4. The third-order valence-electron chi connectivity index (χ3n) is 3.22. The van der Waals surface area contributed by atoms with E-state index in [1.54, 1.807) is 30.3 Å². The third kappa shape index (κ3) is 2.38. The Labute approximate surface area is 122 Å². The molecule has 0 spiro atoms. The van der Waals surface area contributed by atoms with E-state index in [0.717, 1.165) is 0 Å². The van der Waals surface area contributed by atoms with Gasteiger partial charge in [-0.15, -0.1) is 0 Å². The van der Waals surface area contributed by atoms with Gasteiger partial charge >= 0.3 is 0 Å². The second-order valence-electron chi connectivity index (χ2n) is 4.55. The molecule has 2 aromatic carbocycles. The smallest absolute Gasteiger partial charge is 0.231 e. The van der Waals surface area contributed by atoms with Crippen molar-refractivity contribution in [3.05, 3.63) is 47.5 Å². The van der Waals surface area contributed by atoms with Crippen molar-refractivity contribution >= 4 is 11.5 Å². The lowest BCUT2D eigenvalue weighted by atomic mass is 10.0. The maximum atomic E-state index is 12.7. The summed E-state index contributed by atoms with van der Waals surface area (Å²) in [4.78, 5) is 12.7. The monoisotopic (exact) mass is 285 g/mol. The van der Waals surface area contributed by atoms with Crippen LogP contribution in [-0.2, 0) is 0 Å². The van der Waals surface area contributed by atoms with Crippen molar-refractivity contribution in [2.45, 2.75) is 6.92 Å². The first-order valence-electron chi connectivity index (χ1n) is 6.66. The molecule has 2 N–H and O–H groups in total. The third-order valence-corrected chi connectivity index (χ3v) is 3.22. The van der Waals surface area contributed by atoms with Crippen molar-refractivity contribution in [3.63, 3.8) is 0 Å². The van der Waals surface area contributed by atoms with E-state index < -0.39 is 0 Å². The summed E-state index contributed by atoms with van der Waals surface area (Å²) in [5.41, 5.74) is 7.17. The van der Waals surface area contributed by atoms with Crippen molar-refractivity contribution in [2.24, 2.45) is 0 Å². The second kappa shape index (κ2) is 5.36. The number of ketones is 1. The summed E-state index contributed by atoms with van der Waals surface area (Å²) in [6, 6.07) is 10.3. The lowest BCUT2D eigenvalue weighted by molar-refractivity contribution is 0.103. The molecule has 0 saturated carbocycles. The zero-order chi connectivity index (χ0) is 14.8. The second-order valence-corrected chi connectivity index (χ2v) is 4.55. The molecular weight excluding hydrogens is 270 g/mol. The van der Waals surface area contributed by atoms with Crippen LogP contribution in [0.5, 0.6) is 17.2 Å². The van der Waals surface area contributed by atoms with Gasteiger partial charge in [0.2, 0.25) is 6.79 Å². The van der Waals surface area contributed by atoms with Crippen LogP contribution in [0.2, 0.25) is 0 Å². The first-order chi connectivity index (χ1) is 10.2. The van der Waals surface area contributed by atoms with E-state index in [1.165, 1.54) is 0 Å². The molecule has 0 aromatic heterocycles. The molecule has 0 saturated heterocycles. The number of hydrogen-bond donors (Lipinski definition) is 1. The molecule has 21 heavy (non-hydrogen) atoms. The summed E-state index contributed by atoms with van der Waals surface area (Å²) in [6.07, 6.45) is 0. The highest BCUT2D eigenvalue weighted by Crippen LogP contribution is 2.37. The minimum Gasteiger partial charge on any atom is -0.493 e. The van der Waals surface area contributed by atoms with Crippen LogP contribution in [0.3, 0.4) is 0 Å². The molecule has 1 aliphatic rings. The van der Waals surface area contributed by atoms with Gasteiger partial charge in [0.15, 0.2) is 17.3 Å². The minimum absolute atomic E-state index is 0.141. The Hall–Kier alpha value is -2.69. The molecule has 5 nitrogen and oxygen atoms in total. The van der Waals surface area contributed by atoms with Crippen LogP contribution in [0.15, 0.2) is 36.4 Å². The van der Waals surface area contributed by atoms with Crippen LogP contribution >= 0.6 is 0 Å². The number of benzene rings is 2. The van der Waals surface area contributed by atoms with Gasteiger partial charge < -0.3 is 19.9 Å². The van der Waals surface area contributed by atoms with E-state index in [9.17, 15) is 4.79 Å². The van der Waals surface area contributed by atoms with Gasteiger partial charge in [0.05, 0.1) is 12.2 Å². The lowest BCUT2D eigenvalue weighted by Gasteiger charge is -2.11. The summed E-state index contributed by atoms with van der Waals surface area (Å²) in [7, 11) is 0. The van der Waals surface area contributed by atoms with E-state index >= 15 is 0 Å². The van der Waals surface area contributed by atoms with Gasteiger partial charge in [-0.05, 0) is 25.1 Å². The predicted molar refractivity (Wildman–Crippen MR) is 78.0 cm³/mol. The number of anilines is 1. The topological polar surface area (TPSA) is 70.8 Å². The molecule has 0 bridgehead atoms. The van der Waals surface area contributed by atoms with Gasteiger partial charge in [-0.3, -0.25) is 4.79 Å². The number of rotatable bonds is 4. The Bertz CT molecular complexity index is 697. The Morgan fingerprint density at radius 3 is 2.67 bits per heavy atom. The molecule has 2 aromatic rings. The van der Waals surface area contributed by atoms with Gasteiger partial charge in [0.1, 0.15) is 5.75 Å². The summed E-state index contributed by atoms with van der Waals surface area (Å²) >= 11 is 0. The molecule has 0 fully saturated rings. The van der Waals surface area contributed by atoms with Crippen LogP contribution in [0, 0.1) is 0 Å². The van der Waals surface area contributed by atoms with Gasteiger partial charge in [0, 0.05) is 17.3 Å². The largest absolute Gasteiger partial charge is 0.493 e. The highest BCUT2D eigenvalue weighted by atomic mass is 16.7. The van der Waals surface area contributed by atoms with Crippen molar-refractivity contribution in [1.29, 1.82) is 0 Å². The van der Waals surface area contributed by atoms with Gasteiger partial charge in [-0.25, -0.2) is 0 Å². The van der Waals surface area contributed by atoms with Gasteiger partial charge in [-0.1, -0.05) is 12.1 Å². The number of hydrogen-bond acceptors (Lipinski definition) is 5. The number of carbonyl (C=O) groups excluding carboxylic acids is 1. The number of nitrogens with two attached hydrogens (primary N) is 1. The Morgan fingerprint density at radius 1 is 1.19 bits per heavy atom. The fraction of sp³-hybridized carbons (Fsp3) is 0.188. The van der Waals surface area contributed by atoms with E-state index in [4.69, 9.17) is 19.9 Å². The maximum Gasteiger partial charge on any atom is 0.231 e. The SMILES string of the molecule is CCOc1ccccc1C(=O)c1cc2c(cc1N)OCO2. The average Bonchev–Trinajstić information content (AvgIpc) is 2.94. The maximum absolute atomic E-state index is 12.7. The van der Waals surface area contributed by atoms with E-state index in [1.807, 2.05) is 13.0 Å². The van der Waals surface area contributed by atoms with Crippen molar-refractivity contribution in [1.82, 2.24) is 0 Å². The summed E-state index contributed by atoms with van der Waals surface area (Å²) in [6.45, 7) is 2.50. The van der Waals surface area contributed by atoms with Crippen LogP contribution < -0.4 is 19.9 Å². The summed E-state index contributed by atoms with van der Waals surface area (Å²) in [5, 5.41) is 0. The molecule has 1 heterocycles. The minimum atomic E-state index is -0.199. The highest BCUT2D eigenvalue weighted by Gasteiger charge is 2.22. The molecule has 3 rings (SSSR count). The van der Waals surface area contributed by atoms with E-state index in [2.05, 4.69) is 0 Å². The molecule has 5 heteroatoms. The van der Waals surface area contributed by atoms with Crippen LogP contribution in [0.1, 0.15) is 22.8 Å². The molecule has 0 radical (unpaired) electrons. The standard InChI is InChI=1S/C16H15NO4/c1-2-19-13-6-4-3-5-10(13)16(18)11-7-14-15(8-12(11)17)21-9-20-14/h3-8H,2,9,17H2,1H3. The predicted octanol–water partition coefficient (Wildman–Crippen LogP) is 2.63. The highest BCUT2D eigenvalue weighted by molar-refractivity contribution is 6.14. The molecule has 0 aliphatic carbocycles. The summed E-state index contributed by atoms with van der Waals surface area (Å²) in [5.74, 6) is 1.43. The van der Waals surface area contributed by atoms with Crippen molar-refractivity contribution in [2.75, 3.05) is 19.1 Å². The molecule has 0 unspecified atom stereocenters. The zero-order valence-electron chi connectivity index (χ0n) is 11.6. The number of ether oxygens (including phenoxy) is 3. The zero-order valence-corrected chi connectivity index (χ0v) is 11.6. The quantitative estimate of drug-likeness (QED) is 0.690. The average molecular weight is 285 g/mol.